The molecule has 1 aliphatic rings. The number of H-pyrrole nitrogens is 1. The zero-order valence-corrected chi connectivity index (χ0v) is 14.9. The third-order valence-electron chi connectivity index (χ3n) is 5.51. The summed E-state index contributed by atoms with van der Waals surface area (Å²) in [6.45, 7) is 2.08. The van der Waals surface area contributed by atoms with Gasteiger partial charge in [-0.1, -0.05) is 19.1 Å². The predicted molar refractivity (Wildman–Crippen MR) is 98.8 cm³/mol. The summed E-state index contributed by atoms with van der Waals surface area (Å²) in [4.78, 5) is 39.8. The highest BCUT2D eigenvalue weighted by Crippen LogP contribution is 2.32. The Morgan fingerprint density at radius 1 is 1.30 bits per heavy atom. The van der Waals surface area contributed by atoms with Crippen LogP contribution in [0.4, 0.5) is 0 Å². The Morgan fingerprint density at radius 2 is 2.00 bits per heavy atom. The molecule has 3 N–H and O–H groups in total. The van der Waals surface area contributed by atoms with Crippen molar-refractivity contribution in [1.82, 2.24) is 19.9 Å². The van der Waals surface area contributed by atoms with Gasteiger partial charge in [-0.05, 0) is 43.7 Å². The summed E-state index contributed by atoms with van der Waals surface area (Å²) >= 11 is 0. The number of aromatic nitrogens is 3. The van der Waals surface area contributed by atoms with Gasteiger partial charge in [-0.25, -0.2) is 9.31 Å². The third-order valence-corrected chi connectivity index (χ3v) is 5.51. The molecule has 0 unspecified atom stereocenters. The molecule has 0 radical (unpaired) electrons. The fraction of sp³-hybridized carbons (Fsp3) is 0.368. The molecule has 1 saturated carbocycles. The normalized spacial score (nSPS) is 22.8. The molecule has 0 saturated heterocycles. The van der Waals surface area contributed by atoms with E-state index < -0.39 is 17.4 Å². The Kier molecular flexibility index (Phi) is 3.98. The van der Waals surface area contributed by atoms with Gasteiger partial charge in [-0.3, -0.25) is 9.59 Å². The fourth-order valence-electron chi connectivity index (χ4n) is 3.77. The van der Waals surface area contributed by atoms with E-state index in [4.69, 9.17) is 0 Å². The Hall–Kier alpha value is -3.16. The number of benzene rings is 1. The highest BCUT2D eigenvalue weighted by molar-refractivity contribution is 6.03. The number of carbonyl (C=O) groups is 2. The first kappa shape index (κ1) is 17.3. The molecule has 8 heteroatoms. The molecule has 4 rings (SSSR count). The molecule has 1 amide bonds. The number of hydrogen-bond acceptors (Lipinski definition) is 4. The average Bonchev–Trinajstić information content (AvgIpc) is 3.08. The zero-order chi connectivity index (χ0) is 19.2. The zero-order valence-electron chi connectivity index (χ0n) is 14.9. The van der Waals surface area contributed by atoms with E-state index in [1.54, 1.807) is 24.3 Å². The SMILES string of the molecule is CC1CCC(NC(=O)c2cnn3c2[nH]c(=O)c2ccccc23)(C(=O)O)CC1. The van der Waals surface area contributed by atoms with Gasteiger partial charge in [0.25, 0.3) is 11.5 Å². The lowest BCUT2D eigenvalue weighted by Crippen LogP contribution is -2.56. The number of nitrogens with zero attached hydrogens (tertiary/aromatic N) is 2. The van der Waals surface area contributed by atoms with Crippen molar-refractivity contribution in [3.05, 3.63) is 46.4 Å². The lowest BCUT2D eigenvalue weighted by molar-refractivity contribution is -0.146. The van der Waals surface area contributed by atoms with Crippen LogP contribution in [-0.4, -0.2) is 37.1 Å². The van der Waals surface area contributed by atoms with Crippen LogP contribution in [0.25, 0.3) is 16.6 Å². The quantitative estimate of drug-likeness (QED) is 0.653. The number of rotatable bonds is 3. The number of carboxylic acids is 1. The van der Waals surface area contributed by atoms with Crippen molar-refractivity contribution in [2.45, 2.75) is 38.1 Å². The van der Waals surface area contributed by atoms with Gasteiger partial charge >= 0.3 is 5.97 Å². The van der Waals surface area contributed by atoms with Crippen LogP contribution in [0.1, 0.15) is 43.0 Å². The first-order valence-corrected chi connectivity index (χ1v) is 8.96. The van der Waals surface area contributed by atoms with Crippen LogP contribution in [-0.2, 0) is 4.79 Å². The molecule has 0 bridgehead atoms. The van der Waals surface area contributed by atoms with E-state index in [1.807, 2.05) is 0 Å². The highest BCUT2D eigenvalue weighted by Gasteiger charge is 2.43. The average molecular weight is 368 g/mol. The molecule has 8 nitrogen and oxygen atoms in total. The smallest absolute Gasteiger partial charge is 0.329 e. The van der Waals surface area contributed by atoms with Gasteiger partial charge in [0.15, 0.2) is 0 Å². The Bertz CT molecular complexity index is 1110. The molecular weight excluding hydrogens is 348 g/mol. The van der Waals surface area contributed by atoms with Gasteiger partial charge in [-0.2, -0.15) is 5.10 Å². The monoisotopic (exact) mass is 368 g/mol. The Morgan fingerprint density at radius 3 is 2.70 bits per heavy atom. The number of carboxylic acid groups (broad SMARTS) is 1. The topological polar surface area (TPSA) is 117 Å². The molecule has 140 valence electrons. The summed E-state index contributed by atoms with van der Waals surface area (Å²) < 4.78 is 1.49. The largest absolute Gasteiger partial charge is 0.480 e. The molecule has 27 heavy (non-hydrogen) atoms. The molecule has 3 aromatic rings. The molecule has 1 fully saturated rings. The molecule has 0 spiro atoms. The number of carbonyl (C=O) groups excluding carboxylic acids is 1. The number of fused-ring (bicyclic) bond motifs is 3. The van der Waals surface area contributed by atoms with Crippen molar-refractivity contribution >= 4 is 28.4 Å². The summed E-state index contributed by atoms with van der Waals surface area (Å²) in [6.07, 6.45) is 3.60. The molecule has 0 aliphatic heterocycles. The van der Waals surface area contributed by atoms with Crippen LogP contribution in [0.15, 0.2) is 35.3 Å². The number of para-hydroxylation sites is 1. The highest BCUT2D eigenvalue weighted by atomic mass is 16.4. The number of aliphatic carboxylic acids is 1. The van der Waals surface area contributed by atoms with Crippen LogP contribution in [0.3, 0.4) is 0 Å². The van der Waals surface area contributed by atoms with Crippen molar-refractivity contribution < 1.29 is 14.7 Å². The molecule has 0 atom stereocenters. The van der Waals surface area contributed by atoms with E-state index in [-0.39, 0.29) is 16.8 Å². The van der Waals surface area contributed by atoms with Crippen LogP contribution >= 0.6 is 0 Å². The second kappa shape index (κ2) is 6.22. The van der Waals surface area contributed by atoms with Crippen molar-refractivity contribution in [1.29, 1.82) is 0 Å². The summed E-state index contributed by atoms with van der Waals surface area (Å²) in [5.41, 5.74) is -0.630. The van der Waals surface area contributed by atoms with Gasteiger partial charge in [0.1, 0.15) is 16.7 Å². The van der Waals surface area contributed by atoms with Crippen LogP contribution in [0.2, 0.25) is 0 Å². The fourth-order valence-corrected chi connectivity index (χ4v) is 3.77. The maximum Gasteiger partial charge on any atom is 0.329 e. The van der Waals surface area contributed by atoms with E-state index in [0.29, 0.717) is 29.7 Å². The van der Waals surface area contributed by atoms with Crippen LogP contribution in [0, 0.1) is 5.92 Å². The van der Waals surface area contributed by atoms with Crippen LogP contribution in [0.5, 0.6) is 0 Å². The lowest BCUT2D eigenvalue weighted by atomic mass is 9.77. The number of aromatic amines is 1. The predicted octanol–water partition coefficient (Wildman–Crippen LogP) is 1.94. The van der Waals surface area contributed by atoms with Gasteiger partial charge in [0.2, 0.25) is 0 Å². The van der Waals surface area contributed by atoms with E-state index in [1.165, 1.54) is 10.7 Å². The summed E-state index contributed by atoms with van der Waals surface area (Å²) in [7, 11) is 0. The standard InChI is InChI=1S/C19H20N4O4/c1-11-6-8-19(9-7-11,18(26)27)22-17(25)13-10-20-23-14-5-3-2-4-12(14)16(24)21-15(13)23/h2-5,10-11H,6-9H2,1H3,(H,21,24)(H,22,25)(H,26,27). The van der Waals surface area contributed by atoms with Crippen LogP contribution < -0.4 is 10.9 Å². The summed E-state index contributed by atoms with van der Waals surface area (Å²) in [5.74, 6) is -1.14. The number of amides is 1. The van der Waals surface area contributed by atoms with E-state index in [9.17, 15) is 19.5 Å². The third kappa shape index (κ3) is 2.77. The van der Waals surface area contributed by atoms with Crippen molar-refractivity contribution in [3.63, 3.8) is 0 Å². The first-order valence-electron chi connectivity index (χ1n) is 8.96. The second-order valence-electron chi connectivity index (χ2n) is 7.31. The Labute approximate surface area is 154 Å². The maximum absolute atomic E-state index is 12.9. The van der Waals surface area contributed by atoms with E-state index in [2.05, 4.69) is 22.3 Å². The van der Waals surface area contributed by atoms with Crippen molar-refractivity contribution in [2.75, 3.05) is 0 Å². The van der Waals surface area contributed by atoms with Gasteiger partial charge in [0, 0.05) is 0 Å². The van der Waals surface area contributed by atoms with Gasteiger partial charge in [0.05, 0.1) is 17.1 Å². The number of nitrogens with one attached hydrogen (secondary N) is 2. The minimum atomic E-state index is -1.28. The molecule has 2 heterocycles. The number of hydrogen-bond donors (Lipinski definition) is 3. The Balaban J connectivity index is 1.75. The molecular formula is C19H20N4O4. The first-order chi connectivity index (χ1) is 12.9. The van der Waals surface area contributed by atoms with Crippen molar-refractivity contribution in [3.8, 4) is 0 Å². The van der Waals surface area contributed by atoms with E-state index in [0.717, 1.165) is 12.8 Å². The van der Waals surface area contributed by atoms with Gasteiger partial charge < -0.3 is 15.4 Å². The lowest BCUT2D eigenvalue weighted by Gasteiger charge is -2.36. The second-order valence-corrected chi connectivity index (χ2v) is 7.31. The minimum absolute atomic E-state index is 0.150. The van der Waals surface area contributed by atoms with Gasteiger partial charge in [-0.15, -0.1) is 0 Å². The molecule has 2 aromatic heterocycles. The molecule has 1 aromatic carbocycles. The summed E-state index contributed by atoms with van der Waals surface area (Å²) in [6, 6.07) is 6.96. The van der Waals surface area contributed by atoms with E-state index >= 15 is 0 Å². The maximum atomic E-state index is 12.9. The molecule has 1 aliphatic carbocycles. The minimum Gasteiger partial charge on any atom is -0.480 e. The van der Waals surface area contributed by atoms with Crippen molar-refractivity contribution in [2.24, 2.45) is 5.92 Å². The summed E-state index contributed by atoms with van der Waals surface area (Å²) in [5, 5.41) is 17.1.